The minimum atomic E-state index is -0.260. The number of aromatic nitrogens is 1. The van der Waals surface area contributed by atoms with E-state index in [2.05, 4.69) is 0 Å². The normalized spacial score (nSPS) is 10.9. The van der Waals surface area contributed by atoms with Gasteiger partial charge in [-0.15, -0.1) is 0 Å². The summed E-state index contributed by atoms with van der Waals surface area (Å²) < 4.78 is 15.4. The molecule has 0 radical (unpaired) electrons. The van der Waals surface area contributed by atoms with Gasteiger partial charge in [-0.2, -0.15) is 0 Å². The van der Waals surface area contributed by atoms with E-state index in [9.17, 15) is 9.18 Å². The summed E-state index contributed by atoms with van der Waals surface area (Å²) in [5.74, 6) is -0.240. The van der Waals surface area contributed by atoms with Crippen molar-refractivity contribution in [1.82, 2.24) is 4.57 Å². The van der Waals surface area contributed by atoms with Crippen LogP contribution in [0.1, 0.15) is 15.9 Å². The molecule has 0 amide bonds. The van der Waals surface area contributed by atoms with Gasteiger partial charge in [0.15, 0.2) is 5.78 Å². The third-order valence-corrected chi connectivity index (χ3v) is 3.45. The summed E-state index contributed by atoms with van der Waals surface area (Å²) in [5.41, 5.74) is 2.54. The number of fused-ring (bicyclic) bond motifs is 1. The number of benzene rings is 2. The number of nitrogens with zero attached hydrogens (tertiary/aromatic N) is 1. The van der Waals surface area contributed by atoms with Gasteiger partial charge >= 0.3 is 0 Å². The maximum Gasteiger partial charge on any atom is 0.182 e. The Morgan fingerprint density at radius 2 is 1.85 bits per heavy atom. The van der Waals surface area contributed by atoms with Crippen LogP contribution in [0.4, 0.5) is 4.39 Å². The molecule has 1 aromatic heterocycles. The van der Waals surface area contributed by atoms with Crippen LogP contribution in [0.3, 0.4) is 0 Å². The van der Waals surface area contributed by atoms with Gasteiger partial charge in [-0.25, -0.2) is 4.39 Å². The summed E-state index contributed by atoms with van der Waals surface area (Å²) in [6, 6.07) is 14.1. The van der Waals surface area contributed by atoms with E-state index >= 15 is 0 Å². The lowest BCUT2D eigenvalue weighted by atomic mass is 10.1. The van der Waals surface area contributed by atoms with Crippen molar-refractivity contribution in [2.45, 2.75) is 13.5 Å². The average molecular weight is 267 g/mol. The third-order valence-electron chi connectivity index (χ3n) is 3.45. The highest BCUT2D eigenvalue weighted by molar-refractivity contribution is 5.96. The Morgan fingerprint density at radius 3 is 2.60 bits per heavy atom. The number of aryl methyl sites for hydroxylation is 1. The smallest absolute Gasteiger partial charge is 0.182 e. The minimum Gasteiger partial charge on any atom is -0.340 e. The predicted molar refractivity (Wildman–Crippen MR) is 77.4 cm³/mol. The Kier molecular flexibility index (Phi) is 3.11. The average Bonchev–Trinajstić information content (AvgIpc) is 2.84. The van der Waals surface area contributed by atoms with Crippen molar-refractivity contribution in [3.8, 4) is 0 Å². The van der Waals surface area contributed by atoms with Gasteiger partial charge in [0.25, 0.3) is 0 Å². The molecule has 100 valence electrons. The van der Waals surface area contributed by atoms with E-state index in [-0.39, 0.29) is 18.1 Å². The molecule has 2 aromatic carbocycles. The van der Waals surface area contributed by atoms with Crippen LogP contribution in [-0.2, 0) is 6.54 Å². The molecule has 0 unspecified atom stereocenters. The monoisotopic (exact) mass is 267 g/mol. The Labute approximate surface area is 116 Å². The van der Waals surface area contributed by atoms with E-state index in [1.54, 1.807) is 22.9 Å². The van der Waals surface area contributed by atoms with Crippen LogP contribution in [-0.4, -0.2) is 10.4 Å². The van der Waals surface area contributed by atoms with Crippen molar-refractivity contribution >= 4 is 16.7 Å². The molecule has 20 heavy (non-hydrogen) atoms. The lowest BCUT2D eigenvalue weighted by Gasteiger charge is -2.05. The number of rotatable bonds is 3. The number of carbonyl (C=O) groups is 1. The lowest BCUT2D eigenvalue weighted by Crippen LogP contribution is -2.09. The van der Waals surface area contributed by atoms with E-state index in [1.165, 1.54) is 6.07 Å². The fraction of sp³-hybridized carbons (Fsp3) is 0.118. The topological polar surface area (TPSA) is 22.0 Å². The fourth-order valence-corrected chi connectivity index (χ4v) is 2.31. The maximum absolute atomic E-state index is 13.6. The zero-order chi connectivity index (χ0) is 14.1. The van der Waals surface area contributed by atoms with Gasteiger partial charge in [0.2, 0.25) is 0 Å². The van der Waals surface area contributed by atoms with Crippen molar-refractivity contribution in [2.75, 3.05) is 0 Å². The molecule has 0 aliphatic heterocycles. The van der Waals surface area contributed by atoms with Crippen LogP contribution in [0, 0.1) is 12.7 Å². The number of hydrogen-bond donors (Lipinski definition) is 0. The van der Waals surface area contributed by atoms with E-state index in [0.29, 0.717) is 10.9 Å². The molecule has 0 bridgehead atoms. The molecule has 0 saturated heterocycles. The number of hydrogen-bond acceptors (Lipinski definition) is 1. The van der Waals surface area contributed by atoms with Gasteiger partial charge in [-0.1, -0.05) is 35.9 Å². The van der Waals surface area contributed by atoms with Gasteiger partial charge in [-0.05, 0) is 25.1 Å². The molecule has 0 N–H and O–H groups in total. The van der Waals surface area contributed by atoms with Gasteiger partial charge in [0.05, 0.1) is 12.1 Å². The number of Topliss-reactive ketones (excluding diaryl/α,β-unsaturated/α-hetero) is 1. The molecule has 3 heteroatoms. The first-order chi connectivity index (χ1) is 9.65. The van der Waals surface area contributed by atoms with E-state index in [4.69, 9.17) is 0 Å². The van der Waals surface area contributed by atoms with Gasteiger partial charge < -0.3 is 4.57 Å². The highest BCUT2D eigenvalue weighted by atomic mass is 19.1. The van der Waals surface area contributed by atoms with Crippen molar-refractivity contribution in [3.63, 3.8) is 0 Å². The second-order valence-corrected chi connectivity index (χ2v) is 4.91. The lowest BCUT2D eigenvalue weighted by molar-refractivity contribution is 0.0973. The van der Waals surface area contributed by atoms with Crippen LogP contribution in [0.2, 0.25) is 0 Å². The highest BCUT2D eigenvalue weighted by Gasteiger charge is 2.10. The van der Waals surface area contributed by atoms with Crippen molar-refractivity contribution in [1.29, 1.82) is 0 Å². The van der Waals surface area contributed by atoms with Crippen LogP contribution in [0.25, 0.3) is 10.9 Å². The Morgan fingerprint density at radius 1 is 1.10 bits per heavy atom. The van der Waals surface area contributed by atoms with Crippen LogP contribution in [0.5, 0.6) is 0 Å². The molecule has 3 rings (SSSR count). The zero-order valence-corrected chi connectivity index (χ0v) is 11.1. The molecule has 0 spiro atoms. The first-order valence-corrected chi connectivity index (χ1v) is 6.48. The quantitative estimate of drug-likeness (QED) is 0.658. The summed E-state index contributed by atoms with van der Waals surface area (Å²) in [4.78, 5) is 12.2. The summed E-state index contributed by atoms with van der Waals surface area (Å²) in [6.45, 7) is 2.20. The fourth-order valence-electron chi connectivity index (χ4n) is 2.31. The van der Waals surface area contributed by atoms with Gasteiger partial charge in [0, 0.05) is 17.1 Å². The van der Waals surface area contributed by atoms with E-state index in [1.807, 2.05) is 37.3 Å². The predicted octanol–water partition coefficient (Wildman–Crippen LogP) is 3.97. The van der Waals surface area contributed by atoms with Crippen LogP contribution < -0.4 is 0 Å². The molecule has 0 fully saturated rings. The summed E-state index contributed by atoms with van der Waals surface area (Å²) in [5, 5.41) is 0.546. The molecule has 0 saturated carbocycles. The third kappa shape index (κ3) is 2.23. The molecule has 1 heterocycles. The van der Waals surface area contributed by atoms with E-state index < -0.39 is 0 Å². The van der Waals surface area contributed by atoms with Gasteiger partial charge in [0.1, 0.15) is 5.82 Å². The zero-order valence-electron chi connectivity index (χ0n) is 11.1. The Bertz CT molecular complexity index is 771. The molecular weight excluding hydrogens is 253 g/mol. The molecule has 0 atom stereocenters. The largest absolute Gasteiger partial charge is 0.340 e. The van der Waals surface area contributed by atoms with Crippen molar-refractivity contribution in [2.24, 2.45) is 0 Å². The van der Waals surface area contributed by atoms with Gasteiger partial charge in [-0.3, -0.25) is 4.79 Å². The van der Waals surface area contributed by atoms with Crippen LogP contribution >= 0.6 is 0 Å². The van der Waals surface area contributed by atoms with E-state index in [0.717, 1.165) is 11.1 Å². The first-order valence-electron chi connectivity index (χ1n) is 6.48. The number of ketones is 1. The minimum absolute atomic E-state index is 0.0201. The number of halogens is 1. The van der Waals surface area contributed by atoms with Crippen molar-refractivity contribution in [3.05, 3.63) is 71.7 Å². The SMILES string of the molecule is Cc1ccc(C(=O)Cn2ccc3c(F)cccc32)cc1. The first kappa shape index (κ1) is 12.6. The Hall–Kier alpha value is -2.42. The molecular formula is C17H14FNO. The molecule has 0 aliphatic rings. The molecule has 0 aliphatic carbocycles. The second kappa shape index (κ2) is 4.93. The summed E-state index contributed by atoms with van der Waals surface area (Å²) in [7, 11) is 0. The Balaban J connectivity index is 1.91. The maximum atomic E-state index is 13.6. The summed E-state index contributed by atoms with van der Waals surface area (Å²) >= 11 is 0. The highest BCUT2D eigenvalue weighted by Crippen LogP contribution is 2.19. The standard InChI is InChI=1S/C17H14FNO/c1-12-5-7-13(8-6-12)17(20)11-19-10-9-14-15(18)3-2-4-16(14)19/h2-10H,11H2,1H3. The summed E-state index contributed by atoms with van der Waals surface area (Å²) in [6.07, 6.45) is 1.75. The van der Waals surface area contributed by atoms with Crippen molar-refractivity contribution < 1.29 is 9.18 Å². The molecule has 3 aromatic rings. The molecule has 2 nitrogen and oxygen atoms in total. The second-order valence-electron chi connectivity index (χ2n) is 4.91. The number of carbonyl (C=O) groups excluding carboxylic acids is 1. The van der Waals surface area contributed by atoms with Crippen LogP contribution in [0.15, 0.2) is 54.7 Å².